The first kappa shape index (κ1) is 14.6. The summed E-state index contributed by atoms with van der Waals surface area (Å²) >= 11 is 1.13. The average molecular weight is 294 g/mol. The van der Waals surface area contributed by atoms with E-state index in [2.05, 4.69) is 4.98 Å². The Hall–Kier alpha value is -1.82. The van der Waals surface area contributed by atoms with E-state index in [4.69, 9.17) is 5.11 Å². The SMILES string of the molecule is Cc1cnc(SCC(=O)O)n1C(C)c1ccccc1F. The van der Waals surface area contributed by atoms with Gasteiger partial charge in [-0.15, -0.1) is 0 Å². The van der Waals surface area contributed by atoms with Crippen molar-refractivity contribution in [1.29, 1.82) is 0 Å². The third kappa shape index (κ3) is 3.01. The lowest BCUT2D eigenvalue weighted by atomic mass is 10.1. The van der Waals surface area contributed by atoms with Crippen LogP contribution >= 0.6 is 11.8 Å². The van der Waals surface area contributed by atoms with Crippen LogP contribution in [0.5, 0.6) is 0 Å². The number of hydrogen-bond donors (Lipinski definition) is 1. The largest absolute Gasteiger partial charge is 0.481 e. The van der Waals surface area contributed by atoms with Crippen molar-refractivity contribution < 1.29 is 14.3 Å². The van der Waals surface area contributed by atoms with Crippen molar-refractivity contribution in [2.75, 3.05) is 5.75 Å². The Kier molecular flexibility index (Phi) is 4.44. The molecule has 2 aromatic rings. The molecule has 0 aliphatic heterocycles. The number of carbonyl (C=O) groups is 1. The highest BCUT2D eigenvalue weighted by atomic mass is 32.2. The van der Waals surface area contributed by atoms with Gasteiger partial charge in [0.05, 0.1) is 11.8 Å². The summed E-state index contributed by atoms with van der Waals surface area (Å²) in [4.78, 5) is 14.9. The standard InChI is InChI=1S/C14H15FN2O2S/c1-9-7-16-14(20-8-13(18)19)17(9)10(2)11-5-3-4-6-12(11)15/h3-7,10H,8H2,1-2H3,(H,18,19). The zero-order valence-electron chi connectivity index (χ0n) is 11.2. The zero-order chi connectivity index (χ0) is 14.7. The van der Waals surface area contributed by atoms with Gasteiger partial charge in [-0.2, -0.15) is 0 Å². The van der Waals surface area contributed by atoms with Crippen LogP contribution in [-0.4, -0.2) is 26.4 Å². The molecule has 2 rings (SSSR count). The fraction of sp³-hybridized carbons (Fsp3) is 0.286. The van der Waals surface area contributed by atoms with E-state index in [0.29, 0.717) is 10.7 Å². The minimum Gasteiger partial charge on any atom is -0.481 e. The highest BCUT2D eigenvalue weighted by molar-refractivity contribution is 7.99. The Bertz CT molecular complexity index is 627. The first-order valence-electron chi connectivity index (χ1n) is 6.13. The van der Waals surface area contributed by atoms with E-state index in [1.807, 2.05) is 18.4 Å². The molecule has 1 aromatic heterocycles. The van der Waals surface area contributed by atoms with Crippen molar-refractivity contribution in [1.82, 2.24) is 9.55 Å². The average Bonchev–Trinajstić information content (AvgIpc) is 2.77. The number of aliphatic carboxylic acids is 1. The maximum atomic E-state index is 13.9. The second-order valence-corrected chi connectivity index (χ2v) is 5.37. The van der Waals surface area contributed by atoms with Crippen molar-refractivity contribution in [2.24, 2.45) is 0 Å². The highest BCUT2D eigenvalue weighted by Gasteiger charge is 2.18. The summed E-state index contributed by atoms with van der Waals surface area (Å²) in [5, 5.41) is 9.34. The van der Waals surface area contributed by atoms with Crippen molar-refractivity contribution in [2.45, 2.75) is 25.0 Å². The molecule has 0 saturated heterocycles. The fourth-order valence-electron chi connectivity index (χ4n) is 2.08. The topological polar surface area (TPSA) is 55.1 Å². The molecule has 0 fully saturated rings. The van der Waals surface area contributed by atoms with Crippen LogP contribution in [0.3, 0.4) is 0 Å². The number of rotatable bonds is 5. The zero-order valence-corrected chi connectivity index (χ0v) is 12.0. The molecule has 0 amide bonds. The lowest BCUT2D eigenvalue weighted by molar-refractivity contribution is -0.133. The van der Waals surface area contributed by atoms with Gasteiger partial charge in [0.2, 0.25) is 0 Å². The second kappa shape index (κ2) is 6.09. The monoisotopic (exact) mass is 294 g/mol. The highest BCUT2D eigenvalue weighted by Crippen LogP contribution is 2.28. The van der Waals surface area contributed by atoms with Gasteiger partial charge in [-0.05, 0) is 19.9 Å². The summed E-state index contributed by atoms with van der Waals surface area (Å²) in [5.41, 5.74) is 1.43. The molecule has 0 bridgehead atoms. The second-order valence-electron chi connectivity index (χ2n) is 4.43. The van der Waals surface area contributed by atoms with E-state index in [1.165, 1.54) is 6.07 Å². The molecule has 1 heterocycles. The van der Waals surface area contributed by atoms with Crippen LogP contribution in [0.1, 0.15) is 24.2 Å². The number of benzene rings is 1. The Morgan fingerprint density at radius 2 is 2.20 bits per heavy atom. The van der Waals surface area contributed by atoms with Crippen LogP contribution < -0.4 is 0 Å². The molecule has 1 unspecified atom stereocenters. The Balaban J connectivity index is 2.34. The van der Waals surface area contributed by atoms with E-state index in [9.17, 15) is 9.18 Å². The van der Waals surface area contributed by atoms with Gasteiger partial charge in [-0.1, -0.05) is 30.0 Å². The molecule has 0 aliphatic rings. The van der Waals surface area contributed by atoms with Crippen LogP contribution in [0.15, 0.2) is 35.6 Å². The first-order valence-corrected chi connectivity index (χ1v) is 7.12. The van der Waals surface area contributed by atoms with Gasteiger partial charge in [-0.3, -0.25) is 4.79 Å². The molecule has 6 heteroatoms. The number of carboxylic acids is 1. The summed E-state index contributed by atoms with van der Waals surface area (Å²) < 4.78 is 15.7. The predicted molar refractivity (Wildman–Crippen MR) is 75.5 cm³/mol. The molecule has 4 nitrogen and oxygen atoms in total. The van der Waals surface area contributed by atoms with Gasteiger partial charge >= 0.3 is 5.97 Å². The van der Waals surface area contributed by atoms with Crippen LogP contribution in [0, 0.1) is 12.7 Å². The summed E-state index contributed by atoms with van der Waals surface area (Å²) in [7, 11) is 0. The lowest BCUT2D eigenvalue weighted by Crippen LogP contribution is -2.12. The van der Waals surface area contributed by atoms with Crippen molar-refractivity contribution in [3.8, 4) is 0 Å². The van der Waals surface area contributed by atoms with E-state index in [-0.39, 0.29) is 17.6 Å². The van der Waals surface area contributed by atoms with Crippen LogP contribution in [0.25, 0.3) is 0 Å². The minimum atomic E-state index is -0.902. The Labute approximate surface area is 120 Å². The third-order valence-corrected chi connectivity index (χ3v) is 3.97. The predicted octanol–water partition coefficient (Wildman–Crippen LogP) is 3.12. The number of nitrogens with zero attached hydrogens (tertiary/aromatic N) is 2. The number of halogens is 1. The summed E-state index contributed by atoms with van der Waals surface area (Å²) in [6.07, 6.45) is 1.67. The van der Waals surface area contributed by atoms with Gasteiger partial charge in [0.15, 0.2) is 5.16 Å². The van der Waals surface area contributed by atoms with Crippen LogP contribution in [0.4, 0.5) is 4.39 Å². The van der Waals surface area contributed by atoms with E-state index < -0.39 is 5.97 Å². The number of aryl methyl sites for hydroxylation is 1. The van der Waals surface area contributed by atoms with E-state index in [1.54, 1.807) is 24.4 Å². The number of thioether (sulfide) groups is 1. The number of hydrogen-bond acceptors (Lipinski definition) is 3. The maximum absolute atomic E-state index is 13.9. The molecular formula is C14H15FN2O2S. The molecular weight excluding hydrogens is 279 g/mol. The molecule has 1 N–H and O–H groups in total. The van der Waals surface area contributed by atoms with E-state index in [0.717, 1.165) is 17.5 Å². The van der Waals surface area contributed by atoms with E-state index >= 15 is 0 Å². The molecule has 0 saturated carbocycles. The Morgan fingerprint density at radius 3 is 2.85 bits per heavy atom. The molecule has 106 valence electrons. The van der Waals surface area contributed by atoms with Crippen LogP contribution in [-0.2, 0) is 4.79 Å². The quantitative estimate of drug-likeness (QED) is 0.861. The summed E-state index contributed by atoms with van der Waals surface area (Å²) in [6.45, 7) is 3.74. The molecule has 1 atom stereocenters. The molecule has 0 spiro atoms. The fourth-order valence-corrected chi connectivity index (χ4v) is 2.90. The molecule has 20 heavy (non-hydrogen) atoms. The first-order chi connectivity index (χ1) is 9.50. The minimum absolute atomic E-state index is 0.0690. The molecule has 0 radical (unpaired) electrons. The maximum Gasteiger partial charge on any atom is 0.313 e. The van der Waals surface area contributed by atoms with Gasteiger partial charge in [0.25, 0.3) is 0 Å². The normalized spacial score (nSPS) is 12.3. The number of carboxylic acid groups (broad SMARTS) is 1. The Morgan fingerprint density at radius 1 is 1.50 bits per heavy atom. The number of aromatic nitrogens is 2. The third-order valence-electron chi connectivity index (χ3n) is 3.02. The smallest absolute Gasteiger partial charge is 0.313 e. The van der Waals surface area contributed by atoms with Crippen molar-refractivity contribution >= 4 is 17.7 Å². The lowest BCUT2D eigenvalue weighted by Gasteiger charge is -2.18. The van der Waals surface area contributed by atoms with Crippen LogP contribution in [0.2, 0.25) is 0 Å². The summed E-state index contributed by atoms with van der Waals surface area (Å²) in [6, 6.07) is 6.33. The van der Waals surface area contributed by atoms with Crippen molar-refractivity contribution in [3.63, 3.8) is 0 Å². The molecule has 1 aromatic carbocycles. The van der Waals surface area contributed by atoms with Gasteiger partial charge in [-0.25, -0.2) is 9.37 Å². The van der Waals surface area contributed by atoms with Gasteiger partial charge in [0.1, 0.15) is 5.82 Å². The van der Waals surface area contributed by atoms with Gasteiger partial charge in [0, 0.05) is 17.5 Å². The van der Waals surface area contributed by atoms with Gasteiger partial charge < -0.3 is 9.67 Å². The van der Waals surface area contributed by atoms with Crippen molar-refractivity contribution in [3.05, 3.63) is 47.5 Å². The summed E-state index contributed by atoms with van der Waals surface area (Å²) in [5.74, 6) is -1.25. The molecule has 0 aliphatic carbocycles. The number of imidazole rings is 1.